The molecule has 42 heavy (non-hydrogen) atoms. The Kier molecular flexibility index (Phi) is 11.8. The Morgan fingerprint density at radius 3 is 2.31 bits per heavy atom. The number of nitrogens with zero attached hydrogens (tertiary/aromatic N) is 4. The number of aliphatic hydroxyl groups excluding tert-OH is 2. The molecule has 1 aliphatic heterocycles. The van der Waals surface area contributed by atoms with Gasteiger partial charge in [-0.3, -0.25) is 20.0 Å². The van der Waals surface area contributed by atoms with Crippen LogP contribution in [0, 0.1) is 0 Å². The summed E-state index contributed by atoms with van der Waals surface area (Å²) in [4.78, 5) is 35.8. The van der Waals surface area contributed by atoms with E-state index in [1.165, 1.54) is 0 Å². The first kappa shape index (κ1) is 31.1. The summed E-state index contributed by atoms with van der Waals surface area (Å²) in [7, 11) is 1.77. The predicted octanol–water partition coefficient (Wildman–Crippen LogP) is 3.32. The van der Waals surface area contributed by atoms with Crippen LogP contribution in [0.25, 0.3) is 11.1 Å². The van der Waals surface area contributed by atoms with E-state index in [0.717, 1.165) is 49.2 Å². The summed E-state index contributed by atoms with van der Waals surface area (Å²) >= 11 is 0. The standard InChI is InChI=1S/C32H41N5O5/c1-35(31(40)30-12-11-25(23-33-30)24-37(19-21-38)20-22-39)17-18-36-15-13-27(14-16-36)42-32(41)34-29-10-6-5-9-28(29)26-7-3-2-4-8-26/h2-12,23,27,38-39H,13-22,24H2,1H3,(H,34,41). The number of anilines is 1. The number of aromatic nitrogens is 1. The van der Waals surface area contributed by atoms with Crippen LogP contribution in [0.15, 0.2) is 72.9 Å². The maximum atomic E-state index is 12.9. The van der Waals surface area contributed by atoms with Crippen LogP contribution in [0.4, 0.5) is 10.5 Å². The van der Waals surface area contributed by atoms with Crippen LogP contribution in [-0.2, 0) is 11.3 Å². The zero-order valence-corrected chi connectivity index (χ0v) is 24.2. The molecule has 2 amide bonds. The third kappa shape index (κ3) is 9.09. The highest BCUT2D eigenvalue weighted by Gasteiger charge is 2.23. The number of likely N-dealkylation sites (N-methyl/N-ethyl adjacent to an activating group) is 1. The summed E-state index contributed by atoms with van der Waals surface area (Å²) in [6, 6.07) is 21.2. The number of nitrogens with one attached hydrogen (secondary N) is 1. The molecule has 1 saturated heterocycles. The van der Waals surface area contributed by atoms with Crippen LogP contribution in [-0.4, -0.2) is 108 Å². The maximum Gasteiger partial charge on any atom is 0.411 e. The second-order valence-electron chi connectivity index (χ2n) is 10.5. The lowest BCUT2D eigenvalue weighted by atomic mass is 10.0. The molecular formula is C32H41N5O5. The van der Waals surface area contributed by atoms with Crippen molar-refractivity contribution in [3.05, 3.63) is 84.2 Å². The molecule has 3 N–H and O–H groups in total. The minimum absolute atomic E-state index is 0.0129. The molecule has 1 fully saturated rings. The van der Waals surface area contributed by atoms with Gasteiger partial charge in [-0.15, -0.1) is 0 Å². The maximum absolute atomic E-state index is 12.9. The fourth-order valence-corrected chi connectivity index (χ4v) is 5.05. The summed E-state index contributed by atoms with van der Waals surface area (Å²) in [5, 5.41) is 21.3. The summed E-state index contributed by atoms with van der Waals surface area (Å²) in [5.41, 5.74) is 3.97. The van der Waals surface area contributed by atoms with Crippen LogP contribution >= 0.6 is 0 Å². The number of amides is 2. The molecule has 2 heterocycles. The van der Waals surface area contributed by atoms with Gasteiger partial charge in [0.2, 0.25) is 0 Å². The van der Waals surface area contributed by atoms with Crippen molar-refractivity contribution in [1.82, 2.24) is 19.7 Å². The number of hydrogen-bond donors (Lipinski definition) is 3. The lowest BCUT2D eigenvalue weighted by Gasteiger charge is -2.32. The van der Waals surface area contributed by atoms with Gasteiger partial charge in [0, 0.05) is 64.6 Å². The van der Waals surface area contributed by atoms with E-state index in [0.29, 0.717) is 37.6 Å². The number of benzene rings is 2. The van der Waals surface area contributed by atoms with Crippen molar-refractivity contribution in [2.75, 3.05) is 64.8 Å². The predicted molar refractivity (Wildman–Crippen MR) is 162 cm³/mol. The quantitative estimate of drug-likeness (QED) is 0.284. The van der Waals surface area contributed by atoms with Crippen molar-refractivity contribution in [2.45, 2.75) is 25.5 Å². The number of carbonyl (C=O) groups is 2. The van der Waals surface area contributed by atoms with Crippen molar-refractivity contribution >= 4 is 17.7 Å². The van der Waals surface area contributed by atoms with E-state index in [-0.39, 0.29) is 25.2 Å². The topological polar surface area (TPSA) is 118 Å². The van der Waals surface area contributed by atoms with E-state index >= 15 is 0 Å². The van der Waals surface area contributed by atoms with Gasteiger partial charge < -0.3 is 24.7 Å². The Hall–Kier alpha value is -3.83. The van der Waals surface area contributed by atoms with Crippen LogP contribution < -0.4 is 5.32 Å². The van der Waals surface area contributed by atoms with Gasteiger partial charge in [0.05, 0.1) is 18.9 Å². The Balaban J connectivity index is 1.18. The number of ether oxygens (including phenoxy) is 1. The normalized spacial score (nSPS) is 14.1. The minimum atomic E-state index is -0.449. The molecule has 0 spiro atoms. The summed E-state index contributed by atoms with van der Waals surface area (Å²) in [5.74, 6) is -0.144. The molecule has 0 atom stereocenters. The van der Waals surface area contributed by atoms with Gasteiger partial charge in [-0.1, -0.05) is 54.6 Å². The van der Waals surface area contributed by atoms with Crippen LogP contribution in [0.1, 0.15) is 28.9 Å². The smallest absolute Gasteiger partial charge is 0.411 e. The molecule has 4 rings (SSSR count). The molecule has 10 nitrogen and oxygen atoms in total. The summed E-state index contributed by atoms with van der Waals surface area (Å²) < 4.78 is 5.74. The number of hydrogen-bond acceptors (Lipinski definition) is 8. The van der Waals surface area contributed by atoms with Gasteiger partial charge in [0.25, 0.3) is 5.91 Å². The first-order valence-electron chi connectivity index (χ1n) is 14.5. The van der Waals surface area contributed by atoms with E-state index < -0.39 is 6.09 Å². The highest BCUT2D eigenvalue weighted by atomic mass is 16.6. The fraction of sp³-hybridized carbons (Fsp3) is 0.406. The third-order valence-corrected chi connectivity index (χ3v) is 7.44. The summed E-state index contributed by atoms with van der Waals surface area (Å²) in [6.07, 6.45) is 2.54. The molecule has 0 unspecified atom stereocenters. The molecule has 1 aliphatic rings. The van der Waals surface area contributed by atoms with Crippen molar-refractivity contribution < 1.29 is 24.5 Å². The van der Waals surface area contributed by atoms with E-state index in [1.54, 1.807) is 24.2 Å². The number of para-hydroxylation sites is 1. The zero-order chi connectivity index (χ0) is 29.7. The molecule has 0 saturated carbocycles. The van der Waals surface area contributed by atoms with Crippen molar-refractivity contribution in [3.8, 4) is 11.1 Å². The van der Waals surface area contributed by atoms with E-state index in [2.05, 4.69) is 15.2 Å². The van der Waals surface area contributed by atoms with Crippen molar-refractivity contribution in [1.29, 1.82) is 0 Å². The van der Waals surface area contributed by atoms with E-state index in [4.69, 9.17) is 4.74 Å². The highest BCUT2D eigenvalue weighted by molar-refractivity contribution is 5.92. The second kappa shape index (κ2) is 16.0. The Morgan fingerprint density at radius 2 is 1.64 bits per heavy atom. The molecule has 1 aromatic heterocycles. The van der Waals surface area contributed by atoms with Gasteiger partial charge >= 0.3 is 6.09 Å². The Morgan fingerprint density at radius 1 is 0.952 bits per heavy atom. The van der Waals surface area contributed by atoms with Crippen LogP contribution in [0.2, 0.25) is 0 Å². The van der Waals surface area contributed by atoms with Gasteiger partial charge in [0.15, 0.2) is 0 Å². The third-order valence-electron chi connectivity index (χ3n) is 7.44. The minimum Gasteiger partial charge on any atom is -0.446 e. The lowest BCUT2D eigenvalue weighted by Crippen LogP contribution is -2.42. The van der Waals surface area contributed by atoms with Gasteiger partial charge in [-0.25, -0.2) is 4.79 Å². The first-order chi connectivity index (χ1) is 20.5. The molecule has 0 radical (unpaired) electrons. The molecule has 0 aliphatic carbocycles. The number of pyridine rings is 1. The van der Waals surface area contributed by atoms with Crippen LogP contribution in [0.5, 0.6) is 0 Å². The van der Waals surface area contributed by atoms with Gasteiger partial charge in [-0.2, -0.15) is 0 Å². The first-order valence-corrected chi connectivity index (χ1v) is 14.5. The molecule has 224 valence electrons. The fourth-order valence-electron chi connectivity index (χ4n) is 5.05. The zero-order valence-electron chi connectivity index (χ0n) is 24.2. The van der Waals surface area contributed by atoms with Crippen molar-refractivity contribution in [2.24, 2.45) is 0 Å². The monoisotopic (exact) mass is 575 g/mol. The van der Waals surface area contributed by atoms with Crippen molar-refractivity contribution in [3.63, 3.8) is 0 Å². The van der Waals surface area contributed by atoms with Gasteiger partial charge in [0.1, 0.15) is 11.8 Å². The van der Waals surface area contributed by atoms with E-state index in [1.807, 2.05) is 65.6 Å². The molecule has 10 heteroatoms. The van der Waals surface area contributed by atoms with Gasteiger partial charge in [-0.05, 0) is 36.1 Å². The highest BCUT2D eigenvalue weighted by Crippen LogP contribution is 2.28. The molecule has 0 bridgehead atoms. The Labute approximate surface area is 247 Å². The number of carbonyl (C=O) groups excluding carboxylic acids is 2. The number of piperidine rings is 1. The summed E-state index contributed by atoms with van der Waals surface area (Å²) in [6.45, 7) is 4.34. The average Bonchev–Trinajstić information content (AvgIpc) is 3.01. The van der Waals surface area contributed by atoms with E-state index in [9.17, 15) is 19.8 Å². The molecular weight excluding hydrogens is 534 g/mol. The van der Waals surface area contributed by atoms with Crippen LogP contribution in [0.3, 0.4) is 0 Å². The second-order valence-corrected chi connectivity index (χ2v) is 10.5. The Bertz CT molecular complexity index is 1260. The number of rotatable bonds is 13. The SMILES string of the molecule is CN(CCN1CCC(OC(=O)Nc2ccccc2-c2ccccc2)CC1)C(=O)c1ccc(CN(CCO)CCO)cn1. The molecule has 2 aromatic carbocycles. The number of aliphatic hydroxyl groups is 2. The lowest BCUT2D eigenvalue weighted by molar-refractivity contribution is 0.0539. The molecule has 3 aromatic rings. The largest absolute Gasteiger partial charge is 0.446 e. The average molecular weight is 576 g/mol. The number of likely N-dealkylation sites (tertiary alicyclic amines) is 1.